The predicted octanol–water partition coefficient (Wildman–Crippen LogP) is 2.74. The summed E-state index contributed by atoms with van der Waals surface area (Å²) < 4.78 is 23.3. The normalized spacial score (nSPS) is 11.8. The number of imidazole rings is 1. The summed E-state index contributed by atoms with van der Waals surface area (Å²) in [6.45, 7) is 3.86. The largest absolute Gasteiger partial charge is 2.00 e. The van der Waals surface area contributed by atoms with Crippen LogP contribution in [0, 0.1) is 13.8 Å². The summed E-state index contributed by atoms with van der Waals surface area (Å²) in [5.41, 5.74) is 4.16. The van der Waals surface area contributed by atoms with Gasteiger partial charge in [0.1, 0.15) is 11.5 Å². The molecule has 8 heteroatoms. The number of pyridine rings is 1. The number of hydrogen-bond acceptors (Lipinski definition) is 5. The Hall–Kier alpha value is -0.839. The fourth-order valence-electron chi connectivity index (χ4n) is 2.61. The van der Waals surface area contributed by atoms with Gasteiger partial charge < -0.3 is 17.3 Å². The first kappa shape index (κ1) is 20.5. The molecule has 0 aliphatic heterocycles. The van der Waals surface area contributed by atoms with Crippen molar-refractivity contribution in [2.75, 3.05) is 14.2 Å². The first-order chi connectivity index (χ1) is 11.5. The summed E-state index contributed by atoms with van der Waals surface area (Å²) in [7, 11) is 1.91. The molecule has 6 nitrogen and oxygen atoms in total. The van der Waals surface area contributed by atoms with Crippen LogP contribution in [0.5, 0.6) is 11.5 Å². The van der Waals surface area contributed by atoms with E-state index in [1.165, 1.54) is 0 Å². The molecule has 1 atom stereocenters. The van der Waals surface area contributed by atoms with E-state index in [2.05, 4.69) is 15.0 Å². The van der Waals surface area contributed by atoms with Crippen molar-refractivity contribution in [1.29, 1.82) is 0 Å². The molecule has 1 N–H and O–H groups in total. The van der Waals surface area contributed by atoms with E-state index in [1.807, 2.05) is 32.0 Å². The molecule has 1 aromatic carbocycles. The minimum atomic E-state index is -1.33. The molecule has 0 aliphatic carbocycles. The number of nitrogens with one attached hydrogen (secondary N) is 1. The maximum absolute atomic E-state index is 12.7. The molecule has 3 rings (SSSR count). The summed E-state index contributed by atoms with van der Waals surface area (Å²) in [5, 5.41) is 0.430. The maximum Gasteiger partial charge on any atom is 2.00 e. The van der Waals surface area contributed by atoms with Crippen molar-refractivity contribution in [3.8, 4) is 11.5 Å². The number of ether oxygens (including phenoxy) is 2. The van der Waals surface area contributed by atoms with E-state index >= 15 is 0 Å². The first-order valence-electron chi connectivity index (χ1n) is 7.44. The third kappa shape index (κ3) is 4.29. The van der Waals surface area contributed by atoms with Crippen molar-refractivity contribution in [2.45, 2.75) is 24.8 Å². The van der Waals surface area contributed by atoms with Gasteiger partial charge >= 0.3 is 48.9 Å². The van der Waals surface area contributed by atoms with Gasteiger partial charge in [-0.3, -0.25) is 9.19 Å². The number of methoxy groups -OCH3 is 2. The van der Waals surface area contributed by atoms with Crippen molar-refractivity contribution >= 4 is 70.7 Å². The molecule has 0 aliphatic rings. The van der Waals surface area contributed by atoms with Crippen LogP contribution in [0.15, 0.2) is 29.6 Å². The van der Waals surface area contributed by atoms with Crippen LogP contribution in [0.25, 0.3) is 11.0 Å². The van der Waals surface area contributed by atoms with E-state index in [0.29, 0.717) is 5.16 Å². The number of fused-ring (bicyclic) bond motifs is 1. The fraction of sp³-hybridized carbons (Fsp3) is 0.294. The summed E-state index contributed by atoms with van der Waals surface area (Å²) >= 11 is 0. The fourth-order valence-corrected chi connectivity index (χ4v) is 3.71. The van der Waals surface area contributed by atoms with E-state index in [9.17, 15) is 4.21 Å². The van der Waals surface area contributed by atoms with Crippen LogP contribution in [0.1, 0.15) is 19.7 Å². The van der Waals surface area contributed by atoms with Crippen LogP contribution >= 0.6 is 0 Å². The first-order valence-corrected chi connectivity index (χ1v) is 8.76. The van der Waals surface area contributed by atoms with Gasteiger partial charge in [0.2, 0.25) is 0 Å². The van der Waals surface area contributed by atoms with Gasteiger partial charge in [0.15, 0.2) is 5.16 Å². The maximum atomic E-state index is 12.7. The van der Waals surface area contributed by atoms with Crippen LogP contribution in [0.4, 0.5) is 0 Å². The van der Waals surface area contributed by atoms with Crippen LogP contribution in [0.3, 0.4) is 0 Å². The van der Waals surface area contributed by atoms with Gasteiger partial charge in [-0.15, -0.1) is 0 Å². The summed E-state index contributed by atoms with van der Waals surface area (Å²) in [4.78, 5) is 11.9. The second kappa shape index (κ2) is 8.70. The Labute approximate surface area is 192 Å². The monoisotopic (exact) mass is 485 g/mol. The molecule has 3 aromatic rings. The van der Waals surface area contributed by atoms with E-state index in [1.54, 1.807) is 20.4 Å². The second-order valence-electron chi connectivity index (χ2n) is 5.46. The molecule has 0 bridgehead atoms. The van der Waals surface area contributed by atoms with E-state index in [0.717, 1.165) is 39.4 Å². The SMILES string of the molecule is COc1ccc2nc([S@@](=O)Cc3ncc(C)c(OC)c3C)[nH]c2c1.[Ba+2].[H-].[H-]. The zero-order valence-electron chi connectivity index (χ0n) is 16.8. The Morgan fingerprint density at radius 3 is 2.68 bits per heavy atom. The Kier molecular flexibility index (Phi) is 7.12. The molecule has 0 saturated carbocycles. The van der Waals surface area contributed by atoms with Gasteiger partial charge in [0.05, 0.1) is 47.5 Å². The standard InChI is InChI=1S/C17H19N3O3S.Ba.2H/c1-10-8-18-15(11(2)16(10)23-4)9-24(21)17-19-13-6-5-12(22-3)7-14(13)20-17;;;/h5-8H,9H2,1-4H3,(H,19,20);;;/q;+2;2*-1/t24-;;;/m0.../s1. The van der Waals surface area contributed by atoms with Crippen LogP contribution in [-0.4, -0.2) is 82.3 Å². The average molecular weight is 485 g/mol. The van der Waals surface area contributed by atoms with E-state index in [4.69, 9.17) is 9.47 Å². The van der Waals surface area contributed by atoms with E-state index in [-0.39, 0.29) is 57.5 Å². The van der Waals surface area contributed by atoms with Crippen molar-refractivity contribution in [1.82, 2.24) is 15.0 Å². The molecule has 0 unspecified atom stereocenters. The van der Waals surface area contributed by atoms with Gasteiger partial charge in [0, 0.05) is 23.4 Å². The molecule has 0 saturated heterocycles. The Balaban J connectivity index is 0.00000225. The van der Waals surface area contributed by atoms with Crippen molar-refractivity contribution in [3.05, 3.63) is 41.2 Å². The molecule has 0 radical (unpaired) electrons. The number of aryl methyl sites for hydroxylation is 1. The number of aromatic nitrogens is 3. The predicted molar refractivity (Wildman–Crippen MR) is 101 cm³/mol. The van der Waals surface area contributed by atoms with Gasteiger partial charge in [0.25, 0.3) is 0 Å². The number of rotatable bonds is 5. The molecule has 0 fully saturated rings. The Bertz CT molecular complexity index is 937. The smallest absolute Gasteiger partial charge is 1.00 e. The molecular weight excluding hydrogens is 464 g/mol. The third-order valence-corrected chi connectivity index (χ3v) is 5.06. The summed E-state index contributed by atoms with van der Waals surface area (Å²) in [5.74, 6) is 1.79. The summed E-state index contributed by atoms with van der Waals surface area (Å²) in [6.07, 6.45) is 1.74. The molecule has 0 amide bonds. The molecular formula is C17H21BaN3O3S. The molecule has 2 heterocycles. The van der Waals surface area contributed by atoms with Crippen molar-refractivity contribution in [2.24, 2.45) is 0 Å². The van der Waals surface area contributed by atoms with Crippen LogP contribution < -0.4 is 9.47 Å². The van der Waals surface area contributed by atoms with Gasteiger partial charge in [-0.2, -0.15) is 0 Å². The third-order valence-electron chi connectivity index (χ3n) is 3.90. The zero-order valence-corrected chi connectivity index (χ0v) is 20.0. The minimum Gasteiger partial charge on any atom is -1.00 e. The molecule has 2 aromatic heterocycles. The number of aromatic amines is 1. The quantitative estimate of drug-likeness (QED) is 0.564. The number of hydrogen-bond donors (Lipinski definition) is 1. The van der Waals surface area contributed by atoms with E-state index < -0.39 is 10.8 Å². The minimum absolute atomic E-state index is 0. The second-order valence-corrected chi connectivity index (χ2v) is 6.83. The topological polar surface area (TPSA) is 77.1 Å². The zero-order chi connectivity index (χ0) is 17.3. The van der Waals surface area contributed by atoms with Crippen molar-refractivity contribution < 1.29 is 16.5 Å². The molecule has 25 heavy (non-hydrogen) atoms. The Morgan fingerprint density at radius 1 is 1.24 bits per heavy atom. The van der Waals surface area contributed by atoms with Gasteiger partial charge in [-0.25, -0.2) is 4.98 Å². The number of nitrogens with zero attached hydrogens (tertiary/aromatic N) is 2. The number of H-pyrrole nitrogens is 1. The van der Waals surface area contributed by atoms with Crippen molar-refractivity contribution in [3.63, 3.8) is 0 Å². The summed E-state index contributed by atoms with van der Waals surface area (Å²) in [6, 6.07) is 5.50. The van der Waals surface area contributed by atoms with Gasteiger partial charge in [-0.05, 0) is 26.0 Å². The average Bonchev–Trinajstić information content (AvgIpc) is 3.01. The molecule has 0 spiro atoms. The molecule has 130 valence electrons. The number of benzene rings is 1. The van der Waals surface area contributed by atoms with Crippen LogP contribution in [-0.2, 0) is 16.6 Å². The Morgan fingerprint density at radius 2 is 2.00 bits per heavy atom. The van der Waals surface area contributed by atoms with Crippen LogP contribution in [0.2, 0.25) is 0 Å². The van der Waals surface area contributed by atoms with Gasteiger partial charge in [-0.1, -0.05) is 0 Å².